The van der Waals surface area contributed by atoms with E-state index in [-0.39, 0.29) is 28.5 Å². The second-order valence-corrected chi connectivity index (χ2v) is 7.19. The molecular formula is C21H24ClNO3. The number of nitrogens with one attached hydrogen (secondary N) is 1. The van der Waals surface area contributed by atoms with Crippen LogP contribution in [-0.4, -0.2) is 16.7 Å². The molecule has 138 valence electrons. The predicted molar refractivity (Wildman–Crippen MR) is 105 cm³/mol. The summed E-state index contributed by atoms with van der Waals surface area (Å²) < 4.78 is 0. The lowest BCUT2D eigenvalue weighted by atomic mass is 9.83. The number of aliphatic hydroxyl groups excluding tert-OH is 1. The highest BCUT2D eigenvalue weighted by Gasteiger charge is 2.35. The van der Waals surface area contributed by atoms with Crippen molar-refractivity contribution < 1.29 is 14.7 Å². The Hall–Kier alpha value is -2.33. The van der Waals surface area contributed by atoms with E-state index >= 15 is 0 Å². The number of allylic oxidation sites excluding steroid dienone is 4. The molecule has 1 aliphatic rings. The molecule has 2 N–H and O–H groups in total. The maximum atomic E-state index is 12.5. The third-order valence-electron chi connectivity index (χ3n) is 4.44. The van der Waals surface area contributed by atoms with Crippen LogP contribution in [0.5, 0.6) is 0 Å². The second-order valence-electron chi connectivity index (χ2n) is 6.79. The van der Waals surface area contributed by atoms with Crippen LogP contribution in [-0.2, 0) is 9.59 Å². The molecule has 0 aliphatic heterocycles. The van der Waals surface area contributed by atoms with Gasteiger partial charge in [0.1, 0.15) is 5.76 Å². The van der Waals surface area contributed by atoms with Crippen LogP contribution >= 0.6 is 11.6 Å². The third kappa shape index (κ3) is 4.25. The average Bonchev–Trinajstić information content (AvgIpc) is 2.58. The standard InChI is InChI=1S/C21H24ClNO3/c1-12(2)8-7-9-13(3)17-20(25)18(14(4)19(24)21(17)26)23-16-11-6-5-10-15(16)22/h5-6,8,10-11,13,23,25H,7,9H2,1-4H3/t13-/m1/s1. The fraction of sp³-hybridized carbons (Fsp3) is 0.333. The van der Waals surface area contributed by atoms with E-state index in [1.54, 1.807) is 24.3 Å². The molecule has 0 radical (unpaired) electrons. The first-order valence-electron chi connectivity index (χ1n) is 8.62. The molecule has 1 aliphatic carbocycles. The van der Waals surface area contributed by atoms with Crippen LogP contribution in [0.4, 0.5) is 5.69 Å². The minimum absolute atomic E-state index is 0.164. The number of benzene rings is 1. The van der Waals surface area contributed by atoms with Gasteiger partial charge in [0.05, 0.1) is 22.0 Å². The summed E-state index contributed by atoms with van der Waals surface area (Å²) in [5.41, 5.74) is 2.35. The van der Waals surface area contributed by atoms with Gasteiger partial charge in [-0.25, -0.2) is 0 Å². The Morgan fingerprint density at radius 3 is 2.50 bits per heavy atom. The Morgan fingerprint density at radius 1 is 1.23 bits per heavy atom. The number of carbonyl (C=O) groups is 2. The van der Waals surface area contributed by atoms with Gasteiger partial charge in [-0.2, -0.15) is 0 Å². The van der Waals surface area contributed by atoms with E-state index < -0.39 is 11.6 Å². The third-order valence-corrected chi connectivity index (χ3v) is 4.77. The number of ketones is 2. The number of para-hydroxylation sites is 1. The number of aliphatic hydroxyl groups is 1. The van der Waals surface area contributed by atoms with E-state index in [9.17, 15) is 14.7 Å². The lowest BCUT2D eigenvalue weighted by molar-refractivity contribution is -0.132. The number of carbonyl (C=O) groups excluding carboxylic acids is 2. The molecule has 1 aromatic rings. The summed E-state index contributed by atoms with van der Waals surface area (Å²) in [5, 5.41) is 14.2. The average molecular weight is 374 g/mol. The number of hydrogen-bond acceptors (Lipinski definition) is 4. The van der Waals surface area contributed by atoms with Crippen LogP contribution in [0.1, 0.15) is 40.5 Å². The molecule has 0 saturated carbocycles. The quantitative estimate of drug-likeness (QED) is 0.399. The zero-order valence-electron chi connectivity index (χ0n) is 15.5. The van der Waals surface area contributed by atoms with Gasteiger partial charge in [-0.05, 0) is 51.7 Å². The zero-order valence-corrected chi connectivity index (χ0v) is 16.3. The molecule has 0 spiro atoms. The van der Waals surface area contributed by atoms with Gasteiger partial charge in [-0.15, -0.1) is 0 Å². The molecule has 0 aromatic heterocycles. The van der Waals surface area contributed by atoms with Crippen LogP contribution in [0, 0.1) is 5.92 Å². The summed E-state index contributed by atoms with van der Waals surface area (Å²) in [7, 11) is 0. The largest absolute Gasteiger partial charge is 0.505 e. The summed E-state index contributed by atoms with van der Waals surface area (Å²) in [5.74, 6) is -1.63. The lowest BCUT2D eigenvalue weighted by Gasteiger charge is -2.24. The van der Waals surface area contributed by atoms with Gasteiger partial charge in [0, 0.05) is 5.57 Å². The molecule has 0 fully saturated rings. The smallest absolute Gasteiger partial charge is 0.233 e. The van der Waals surface area contributed by atoms with E-state index in [2.05, 4.69) is 11.4 Å². The topological polar surface area (TPSA) is 66.4 Å². The van der Waals surface area contributed by atoms with Crippen LogP contribution in [0.3, 0.4) is 0 Å². The summed E-state index contributed by atoms with van der Waals surface area (Å²) in [6.07, 6.45) is 3.52. The molecule has 2 rings (SSSR count). The van der Waals surface area contributed by atoms with Crippen molar-refractivity contribution in [2.75, 3.05) is 5.32 Å². The van der Waals surface area contributed by atoms with Gasteiger partial charge in [0.15, 0.2) is 0 Å². The Balaban J connectivity index is 2.39. The first-order chi connectivity index (χ1) is 12.2. The number of Topliss-reactive ketones (excluding diaryl/α,β-unsaturated/α-hetero) is 2. The zero-order chi connectivity index (χ0) is 19.4. The van der Waals surface area contributed by atoms with Gasteiger partial charge >= 0.3 is 0 Å². The van der Waals surface area contributed by atoms with Crippen molar-refractivity contribution in [2.24, 2.45) is 5.92 Å². The maximum absolute atomic E-state index is 12.5. The normalized spacial score (nSPS) is 16.0. The predicted octanol–water partition coefficient (Wildman–Crippen LogP) is 5.37. The van der Waals surface area contributed by atoms with Gasteiger partial charge in [0.2, 0.25) is 11.6 Å². The van der Waals surface area contributed by atoms with E-state index in [0.29, 0.717) is 17.1 Å². The Bertz CT molecular complexity index is 829. The van der Waals surface area contributed by atoms with E-state index in [1.807, 2.05) is 20.8 Å². The van der Waals surface area contributed by atoms with Crippen molar-refractivity contribution in [1.29, 1.82) is 0 Å². The van der Waals surface area contributed by atoms with Crippen LogP contribution in [0.2, 0.25) is 5.02 Å². The van der Waals surface area contributed by atoms with Crippen LogP contribution < -0.4 is 5.32 Å². The van der Waals surface area contributed by atoms with Crippen molar-refractivity contribution in [3.8, 4) is 0 Å². The Labute approximate surface area is 159 Å². The SMILES string of the molecule is CC(C)=CCC[C@@H](C)C1=C(O)C(Nc2ccccc2Cl)=C(C)C(=O)C1=O. The number of rotatable bonds is 6. The number of hydrogen-bond donors (Lipinski definition) is 2. The molecule has 4 nitrogen and oxygen atoms in total. The molecule has 0 unspecified atom stereocenters. The van der Waals surface area contributed by atoms with Gasteiger partial charge in [0.25, 0.3) is 0 Å². The maximum Gasteiger partial charge on any atom is 0.233 e. The van der Waals surface area contributed by atoms with E-state index in [0.717, 1.165) is 6.42 Å². The second kappa shape index (κ2) is 8.37. The van der Waals surface area contributed by atoms with Crippen LogP contribution in [0.15, 0.2) is 58.5 Å². The van der Waals surface area contributed by atoms with Gasteiger partial charge < -0.3 is 10.4 Å². The number of halogens is 1. The monoisotopic (exact) mass is 373 g/mol. The molecule has 0 bridgehead atoms. The number of anilines is 1. The van der Waals surface area contributed by atoms with Crippen molar-refractivity contribution in [2.45, 2.75) is 40.5 Å². The van der Waals surface area contributed by atoms with Crippen molar-refractivity contribution in [3.05, 3.63) is 63.5 Å². The van der Waals surface area contributed by atoms with Crippen LogP contribution in [0.25, 0.3) is 0 Å². The summed E-state index contributed by atoms with van der Waals surface area (Å²) in [6.45, 7) is 7.40. The summed E-state index contributed by atoms with van der Waals surface area (Å²) in [6, 6.07) is 7.04. The van der Waals surface area contributed by atoms with E-state index in [1.165, 1.54) is 12.5 Å². The minimum Gasteiger partial charge on any atom is -0.505 e. The first kappa shape index (κ1) is 20.0. The fourth-order valence-electron chi connectivity index (χ4n) is 2.90. The summed E-state index contributed by atoms with van der Waals surface area (Å²) >= 11 is 6.16. The molecule has 1 atom stereocenters. The molecule has 1 aromatic carbocycles. The highest BCUT2D eigenvalue weighted by Crippen LogP contribution is 2.33. The van der Waals surface area contributed by atoms with Gasteiger partial charge in [-0.3, -0.25) is 9.59 Å². The van der Waals surface area contributed by atoms with Gasteiger partial charge in [-0.1, -0.05) is 42.3 Å². The van der Waals surface area contributed by atoms with Crippen molar-refractivity contribution in [3.63, 3.8) is 0 Å². The molecule has 0 amide bonds. The molecule has 5 heteroatoms. The molecule has 0 heterocycles. The highest BCUT2D eigenvalue weighted by molar-refractivity contribution is 6.50. The Morgan fingerprint density at radius 2 is 1.88 bits per heavy atom. The molecular weight excluding hydrogens is 350 g/mol. The van der Waals surface area contributed by atoms with Crippen molar-refractivity contribution >= 4 is 28.9 Å². The lowest BCUT2D eigenvalue weighted by Crippen LogP contribution is -2.30. The molecule has 26 heavy (non-hydrogen) atoms. The highest BCUT2D eigenvalue weighted by atomic mass is 35.5. The van der Waals surface area contributed by atoms with E-state index in [4.69, 9.17) is 11.6 Å². The van der Waals surface area contributed by atoms with Crippen molar-refractivity contribution in [1.82, 2.24) is 0 Å². The first-order valence-corrected chi connectivity index (χ1v) is 9.00. The Kier molecular flexibility index (Phi) is 6.43. The molecule has 0 saturated heterocycles. The summed E-state index contributed by atoms with van der Waals surface area (Å²) in [4.78, 5) is 24.9. The fourth-order valence-corrected chi connectivity index (χ4v) is 3.08. The minimum atomic E-state index is -0.630.